The third kappa shape index (κ3) is 7.57. The number of rotatable bonds is 10. The van der Waals surface area contributed by atoms with Crippen molar-refractivity contribution in [3.8, 4) is 0 Å². The SMILES string of the molecule is CSCCC(NC(=O)c1ccccc1Cl)C(=O)Nc1ccc(C(=O)NCC(C)C)cc1C. The van der Waals surface area contributed by atoms with Crippen LogP contribution in [0.2, 0.25) is 5.02 Å². The summed E-state index contributed by atoms with van der Waals surface area (Å²) in [6, 6.07) is 11.1. The monoisotopic (exact) mass is 475 g/mol. The molecule has 2 rings (SSSR count). The molecule has 1 atom stereocenters. The minimum atomic E-state index is -0.723. The van der Waals surface area contributed by atoms with Gasteiger partial charge in [0.05, 0.1) is 10.6 Å². The maximum atomic E-state index is 13.0. The summed E-state index contributed by atoms with van der Waals surface area (Å²) in [6.45, 7) is 6.48. The summed E-state index contributed by atoms with van der Waals surface area (Å²) in [5.74, 6) is 0.196. The largest absolute Gasteiger partial charge is 0.352 e. The van der Waals surface area contributed by atoms with Crippen LogP contribution in [0.4, 0.5) is 5.69 Å². The molecule has 6 nitrogen and oxygen atoms in total. The zero-order valence-corrected chi connectivity index (χ0v) is 20.4. The molecular formula is C24H30ClN3O3S. The van der Waals surface area contributed by atoms with Crippen molar-refractivity contribution in [1.29, 1.82) is 0 Å². The number of halogens is 1. The molecule has 0 heterocycles. The van der Waals surface area contributed by atoms with Gasteiger partial charge < -0.3 is 16.0 Å². The van der Waals surface area contributed by atoms with Gasteiger partial charge in [0, 0.05) is 17.8 Å². The summed E-state index contributed by atoms with van der Waals surface area (Å²) in [4.78, 5) is 37.9. The van der Waals surface area contributed by atoms with Crippen molar-refractivity contribution in [2.75, 3.05) is 23.9 Å². The van der Waals surface area contributed by atoms with E-state index in [1.54, 1.807) is 54.2 Å². The number of nitrogens with one attached hydrogen (secondary N) is 3. The van der Waals surface area contributed by atoms with Crippen molar-refractivity contribution in [2.45, 2.75) is 33.2 Å². The van der Waals surface area contributed by atoms with Crippen molar-refractivity contribution in [2.24, 2.45) is 5.92 Å². The first-order chi connectivity index (χ1) is 15.2. The molecule has 0 bridgehead atoms. The van der Waals surface area contributed by atoms with Gasteiger partial charge in [-0.15, -0.1) is 0 Å². The minimum absolute atomic E-state index is 0.149. The highest BCUT2D eigenvalue weighted by Gasteiger charge is 2.23. The summed E-state index contributed by atoms with van der Waals surface area (Å²) in [6.07, 6.45) is 2.41. The lowest BCUT2D eigenvalue weighted by Crippen LogP contribution is -2.44. The fourth-order valence-electron chi connectivity index (χ4n) is 2.95. The van der Waals surface area contributed by atoms with Gasteiger partial charge in [-0.3, -0.25) is 14.4 Å². The fraction of sp³-hybridized carbons (Fsp3) is 0.375. The number of hydrogen-bond acceptors (Lipinski definition) is 4. The molecule has 8 heteroatoms. The summed E-state index contributed by atoms with van der Waals surface area (Å²) in [5, 5.41) is 8.88. The Balaban J connectivity index is 2.11. The third-order valence-corrected chi connectivity index (χ3v) is 5.74. The first-order valence-corrected chi connectivity index (χ1v) is 12.2. The zero-order valence-electron chi connectivity index (χ0n) is 18.8. The normalized spacial score (nSPS) is 11.7. The van der Waals surface area contributed by atoms with E-state index in [1.807, 2.05) is 27.0 Å². The summed E-state index contributed by atoms with van der Waals surface area (Å²) in [5.41, 5.74) is 2.21. The summed E-state index contributed by atoms with van der Waals surface area (Å²) < 4.78 is 0. The Morgan fingerprint density at radius 1 is 1.06 bits per heavy atom. The maximum absolute atomic E-state index is 13.0. The molecule has 172 valence electrons. The van der Waals surface area contributed by atoms with Gasteiger partial charge in [0.25, 0.3) is 11.8 Å². The Labute approximate surface area is 198 Å². The van der Waals surface area contributed by atoms with Gasteiger partial charge in [-0.25, -0.2) is 0 Å². The predicted octanol–water partition coefficient (Wildman–Crippen LogP) is 4.52. The maximum Gasteiger partial charge on any atom is 0.253 e. The number of anilines is 1. The van der Waals surface area contributed by atoms with Gasteiger partial charge in [-0.05, 0) is 67.2 Å². The molecule has 2 aromatic rings. The highest BCUT2D eigenvalue weighted by Crippen LogP contribution is 2.19. The van der Waals surface area contributed by atoms with Gasteiger partial charge in [0.1, 0.15) is 6.04 Å². The lowest BCUT2D eigenvalue weighted by atomic mass is 10.1. The van der Waals surface area contributed by atoms with E-state index in [-0.39, 0.29) is 11.8 Å². The standard InChI is InChI=1S/C24H30ClN3O3S/c1-15(2)14-26-22(29)17-9-10-20(16(3)13-17)27-24(31)21(11-12-32-4)28-23(30)18-7-5-6-8-19(18)25/h5-10,13,15,21H,11-12,14H2,1-4H3,(H,26,29)(H,27,31)(H,28,30). The van der Waals surface area contributed by atoms with Crippen LogP contribution in [0.5, 0.6) is 0 Å². The van der Waals surface area contributed by atoms with Gasteiger partial charge >= 0.3 is 0 Å². The smallest absolute Gasteiger partial charge is 0.253 e. The average molecular weight is 476 g/mol. The number of carbonyl (C=O) groups is 3. The third-order valence-electron chi connectivity index (χ3n) is 4.77. The van der Waals surface area contributed by atoms with E-state index in [0.717, 1.165) is 5.56 Å². The van der Waals surface area contributed by atoms with Crippen molar-refractivity contribution in [3.63, 3.8) is 0 Å². The van der Waals surface area contributed by atoms with Gasteiger partial charge in [-0.2, -0.15) is 11.8 Å². The molecule has 0 spiro atoms. The first kappa shape index (κ1) is 25.7. The lowest BCUT2D eigenvalue weighted by molar-refractivity contribution is -0.118. The van der Waals surface area contributed by atoms with Gasteiger partial charge in [0.2, 0.25) is 5.91 Å². The number of aryl methyl sites for hydroxylation is 1. The van der Waals surface area contributed by atoms with Crippen LogP contribution in [0.1, 0.15) is 46.5 Å². The van der Waals surface area contributed by atoms with E-state index in [4.69, 9.17) is 11.6 Å². The number of carbonyl (C=O) groups excluding carboxylic acids is 3. The fourth-order valence-corrected chi connectivity index (χ4v) is 3.64. The number of hydrogen-bond donors (Lipinski definition) is 3. The molecule has 0 aliphatic carbocycles. The van der Waals surface area contributed by atoms with Crippen molar-refractivity contribution in [3.05, 3.63) is 64.2 Å². The second-order valence-corrected chi connectivity index (χ2v) is 9.30. The molecule has 0 aliphatic rings. The Morgan fingerprint density at radius 2 is 1.78 bits per heavy atom. The predicted molar refractivity (Wildman–Crippen MR) is 133 cm³/mol. The van der Waals surface area contributed by atoms with E-state index in [2.05, 4.69) is 16.0 Å². The van der Waals surface area contributed by atoms with Crippen LogP contribution in [-0.4, -0.2) is 42.3 Å². The van der Waals surface area contributed by atoms with Gasteiger partial charge in [0.15, 0.2) is 0 Å². The van der Waals surface area contributed by atoms with Crippen molar-refractivity contribution < 1.29 is 14.4 Å². The second-order valence-electron chi connectivity index (χ2n) is 7.91. The Kier molecular flexibility index (Phi) is 10.1. The zero-order chi connectivity index (χ0) is 23.7. The van der Waals surface area contributed by atoms with E-state index in [9.17, 15) is 14.4 Å². The highest BCUT2D eigenvalue weighted by molar-refractivity contribution is 7.98. The first-order valence-electron chi connectivity index (χ1n) is 10.5. The van der Waals surface area contributed by atoms with E-state index in [0.29, 0.717) is 46.5 Å². The minimum Gasteiger partial charge on any atom is -0.352 e. The van der Waals surface area contributed by atoms with E-state index >= 15 is 0 Å². The van der Waals surface area contributed by atoms with Crippen LogP contribution in [0.25, 0.3) is 0 Å². The summed E-state index contributed by atoms with van der Waals surface area (Å²) in [7, 11) is 0. The average Bonchev–Trinajstić information content (AvgIpc) is 2.76. The van der Waals surface area contributed by atoms with Crippen LogP contribution in [0, 0.1) is 12.8 Å². The molecular weight excluding hydrogens is 446 g/mol. The Bertz CT molecular complexity index is 965. The second kappa shape index (κ2) is 12.5. The molecule has 2 aromatic carbocycles. The van der Waals surface area contributed by atoms with Crippen LogP contribution in [0.3, 0.4) is 0 Å². The molecule has 32 heavy (non-hydrogen) atoms. The topological polar surface area (TPSA) is 87.3 Å². The molecule has 0 aliphatic heterocycles. The van der Waals surface area contributed by atoms with Crippen LogP contribution in [-0.2, 0) is 4.79 Å². The molecule has 1 unspecified atom stereocenters. The van der Waals surface area contributed by atoms with Crippen LogP contribution in [0.15, 0.2) is 42.5 Å². The van der Waals surface area contributed by atoms with Gasteiger partial charge in [-0.1, -0.05) is 37.6 Å². The van der Waals surface area contributed by atoms with E-state index in [1.165, 1.54) is 0 Å². The van der Waals surface area contributed by atoms with Crippen LogP contribution >= 0.6 is 23.4 Å². The number of benzene rings is 2. The Morgan fingerprint density at radius 3 is 2.41 bits per heavy atom. The molecule has 0 saturated carbocycles. The quantitative estimate of drug-likeness (QED) is 0.471. The summed E-state index contributed by atoms with van der Waals surface area (Å²) >= 11 is 7.71. The molecule has 0 fully saturated rings. The van der Waals surface area contributed by atoms with Crippen LogP contribution < -0.4 is 16.0 Å². The molecule has 0 aromatic heterocycles. The molecule has 3 amide bonds. The number of amides is 3. The van der Waals surface area contributed by atoms with E-state index < -0.39 is 11.9 Å². The molecule has 0 saturated heterocycles. The lowest BCUT2D eigenvalue weighted by Gasteiger charge is -2.19. The highest BCUT2D eigenvalue weighted by atomic mass is 35.5. The number of thioether (sulfide) groups is 1. The molecule has 3 N–H and O–H groups in total. The van der Waals surface area contributed by atoms with Crippen molar-refractivity contribution >= 4 is 46.8 Å². The molecule has 0 radical (unpaired) electrons. The van der Waals surface area contributed by atoms with Crippen molar-refractivity contribution in [1.82, 2.24) is 10.6 Å². The Hall–Kier alpha value is -2.51.